The summed E-state index contributed by atoms with van der Waals surface area (Å²) >= 11 is 2.45. The fraction of sp³-hybridized carbons (Fsp3) is 0.111. The maximum atomic E-state index is 3.47. The fourth-order valence-electron chi connectivity index (χ4n) is 5.65. The normalized spacial score (nSPS) is 18.9. The van der Waals surface area contributed by atoms with Crippen LogP contribution in [0.5, 0.6) is 0 Å². The van der Waals surface area contributed by atoms with Gasteiger partial charge in [-0.15, -0.1) is 0 Å². The molecule has 3 aliphatic rings. The molecule has 7 rings (SSSR count). The second kappa shape index (κ2) is 5.59. The highest BCUT2D eigenvalue weighted by Gasteiger charge is 2.51. The van der Waals surface area contributed by atoms with Gasteiger partial charge in [0.15, 0.2) is 0 Å². The molecule has 0 aromatic heterocycles. The second-order valence-electron chi connectivity index (χ2n) is 8.30. The van der Waals surface area contributed by atoms with E-state index in [0.29, 0.717) is 6.04 Å². The van der Waals surface area contributed by atoms with Crippen LogP contribution in [-0.2, 0) is 5.41 Å². The number of fused-ring (bicyclic) bond motifs is 10. The van der Waals surface area contributed by atoms with Crippen molar-refractivity contribution in [3.8, 4) is 22.3 Å². The van der Waals surface area contributed by atoms with Crippen LogP contribution in [0.3, 0.4) is 0 Å². The minimum atomic E-state index is -0.211. The van der Waals surface area contributed by atoms with Crippen LogP contribution in [0.2, 0.25) is 0 Å². The Kier molecular flexibility index (Phi) is 3.15. The molecule has 1 aliphatic heterocycles. The van der Waals surface area contributed by atoms with Crippen LogP contribution in [0.1, 0.15) is 33.9 Å². The van der Waals surface area contributed by atoms with E-state index >= 15 is 0 Å². The summed E-state index contributed by atoms with van der Waals surface area (Å²) in [7, 11) is 0. The number of hydrogen-bond acceptors (Lipinski definition) is 1. The molecule has 0 saturated carbocycles. The van der Waals surface area contributed by atoms with Gasteiger partial charge < -0.3 is 5.32 Å². The summed E-state index contributed by atoms with van der Waals surface area (Å²) in [6.07, 6.45) is 0. The quantitative estimate of drug-likeness (QED) is 0.216. The molecular formula is C27H18IN. The van der Waals surface area contributed by atoms with Crippen molar-refractivity contribution >= 4 is 22.6 Å². The Balaban J connectivity index is 1.66. The molecule has 1 N–H and O–H groups in total. The first-order chi connectivity index (χ1) is 14.3. The molecule has 138 valence electrons. The minimum absolute atomic E-state index is 0.211. The van der Waals surface area contributed by atoms with Gasteiger partial charge in [0.1, 0.15) is 0 Å². The Hall–Kier alpha value is -2.43. The van der Waals surface area contributed by atoms with Gasteiger partial charge in [-0.2, -0.15) is 0 Å². The van der Waals surface area contributed by atoms with Crippen LogP contribution in [0, 0.1) is 3.57 Å². The second-order valence-corrected chi connectivity index (χ2v) is 9.54. The van der Waals surface area contributed by atoms with Gasteiger partial charge in [0.05, 0.1) is 5.41 Å². The first-order valence-electron chi connectivity index (χ1n) is 10.2. The van der Waals surface area contributed by atoms with Crippen molar-refractivity contribution in [1.82, 2.24) is 5.32 Å². The van der Waals surface area contributed by atoms with E-state index < -0.39 is 0 Å². The molecule has 1 unspecified atom stereocenters. The Labute approximate surface area is 183 Å². The van der Waals surface area contributed by atoms with E-state index in [9.17, 15) is 0 Å². The van der Waals surface area contributed by atoms with Gasteiger partial charge in [0.25, 0.3) is 0 Å². The summed E-state index contributed by atoms with van der Waals surface area (Å²) in [6, 6.07) is 32.7. The monoisotopic (exact) mass is 483 g/mol. The Morgan fingerprint density at radius 3 is 1.86 bits per heavy atom. The molecule has 1 atom stereocenters. The van der Waals surface area contributed by atoms with Crippen molar-refractivity contribution in [2.24, 2.45) is 0 Å². The summed E-state index contributed by atoms with van der Waals surface area (Å²) < 4.78 is 1.29. The molecule has 1 saturated heterocycles. The van der Waals surface area contributed by atoms with Crippen LogP contribution in [0.15, 0.2) is 84.9 Å². The third kappa shape index (κ3) is 1.99. The minimum Gasteiger partial charge on any atom is -0.307 e. The molecule has 29 heavy (non-hydrogen) atoms. The summed E-state index contributed by atoms with van der Waals surface area (Å²) in [5.41, 5.74) is 12.4. The number of halogens is 1. The maximum absolute atomic E-state index is 3.47. The average molecular weight is 483 g/mol. The van der Waals surface area contributed by atoms with E-state index in [4.69, 9.17) is 0 Å². The molecule has 0 bridgehead atoms. The van der Waals surface area contributed by atoms with Gasteiger partial charge in [-0.25, -0.2) is 0 Å². The van der Waals surface area contributed by atoms with E-state index in [-0.39, 0.29) is 5.41 Å². The lowest BCUT2D eigenvalue weighted by atomic mass is 9.70. The highest BCUT2D eigenvalue weighted by molar-refractivity contribution is 14.1. The van der Waals surface area contributed by atoms with E-state index in [1.165, 1.54) is 53.6 Å². The van der Waals surface area contributed by atoms with Gasteiger partial charge in [-0.05, 0) is 90.9 Å². The summed E-state index contributed by atoms with van der Waals surface area (Å²) in [4.78, 5) is 0. The lowest BCUT2D eigenvalue weighted by Gasteiger charge is -2.30. The molecule has 1 heterocycles. The van der Waals surface area contributed by atoms with E-state index in [2.05, 4.69) is 113 Å². The van der Waals surface area contributed by atoms with Crippen LogP contribution in [0.4, 0.5) is 0 Å². The zero-order chi connectivity index (χ0) is 19.2. The Morgan fingerprint density at radius 1 is 0.655 bits per heavy atom. The molecule has 4 aromatic rings. The molecule has 1 fully saturated rings. The topological polar surface area (TPSA) is 21.9 Å². The van der Waals surface area contributed by atoms with E-state index in [1.54, 1.807) is 0 Å². The predicted octanol–water partition coefficient (Wildman–Crippen LogP) is 6.28. The number of nitrogens with one attached hydrogen (secondary N) is 1. The standard InChI is InChI=1S/C27H18IN/c28-17-10-12-25-21(14-17)20-13-16(26-15-29-26)9-11-24(20)27(25)22-7-3-1-5-18(22)19-6-2-4-8-23(19)27/h1-14,26,29H,15H2. The summed E-state index contributed by atoms with van der Waals surface area (Å²) in [5, 5.41) is 3.47. The van der Waals surface area contributed by atoms with Crippen molar-refractivity contribution in [3.05, 3.63) is 116 Å². The van der Waals surface area contributed by atoms with Crippen molar-refractivity contribution in [2.75, 3.05) is 6.54 Å². The maximum Gasteiger partial charge on any atom is 0.0725 e. The number of hydrogen-bond donors (Lipinski definition) is 1. The van der Waals surface area contributed by atoms with Gasteiger partial charge in [-0.3, -0.25) is 0 Å². The van der Waals surface area contributed by atoms with Crippen molar-refractivity contribution in [3.63, 3.8) is 0 Å². The van der Waals surface area contributed by atoms with Gasteiger partial charge in [0.2, 0.25) is 0 Å². The molecule has 2 heteroatoms. The Bertz CT molecular complexity index is 1290. The largest absolute Gasteiger partial charge is 0.307 e. The van der Waals surface area contributed by atoms with Crippen molar-refractivity contribution in [1.29, 1.82) is 0 Å². The van der Waals surface area contributed by atoms with Crippen LogP contribution in [0.25, 0.3) is 22.3 Å². The lowest BCUT2D eigenvalue weighted by Crippen LogP contribution is -2.25. The molecule has 2 aliphatic carbocycles. The predicted molar refractivity (Wildman–Crippen MR) is 126 cm³/mol. The van der Waals surface area contributed by atoms with E-state index in [1.807, 2.05) is 0 Å². The molecule has 1 nitrogen and oxygen atoms in total. The molecule has 0 amide bonds. The zero-order valence-corrected chi connectivity index (χ0v) is 17.9. The van der Waals surface area contributed by atoms with Crippen molar-refractivity contribution < 1.29 is 0 Å². The van der Waals surface area contributed by atoms with Crippen molar-refractivity contribution in [2.45, 2.75) is 11.5 Å². The smallest absolute Gasteiger partial charge is 0.0725 e. The lowest BCUT2D eigenvalue weighted by molar-refractivity contribution is 0.793. The van der Waals surface area contributed by atoms with Crippen LogP contribution >= 0.6 is 22.6 Å². The molecular weight excluding hydrogens is 465 g/mol. The SMILES string of the molecule is Ic1ccc2c(c1)-c1cc(C3CN3)ccc1C21c2ccccc2-c2ccccc21. The molecule has 0 radical (unpaired) electrons. The number of rotatable bonds is 1. The third-order valence-electron chi connectivity index (χ3n) is 6.89. The summed E-state index contributed by atoms with van der Waals surface area (Å²) in [6.45, 7) is 1.09. The first-order valence-corrected chi connectivity index (χ1v) is 11.2. The highest BCUT2D eigenvalue weighted by atomic mass is 127. The fourth-order valence-corrected chi connectivity index (χ4v) is 6.14. The van der Waals surface area contributed by atoms with Crippen LogP contribution < -0.4 is 5.32 Å². The first kappa shape index (κ1) is 16.4. The average Bonchev–Trinajstić information content (AvgIpc) is 3.52. The highest BCUT2D eigenvalue weighted by Crippen LogP contribution is 2.62. The van der Waals surface area contributed by atoms with E-state index in [0.717, 1.165) is 6.54 Å². The Morgan fingerprint density at radius 2 is 1.21 bits per heavy atom. The van der Waals surface area contributed by atoms with Crippen LogP contribution in [-0.4, -0.2) is 6.54 Å². The molecule has 1 spiro atoms. The van der Waals surface area contributed by atoms with Gasteiger partial charge in [0, 0.05) is 16.2 Å². The number of benzene rings is 4. The molecule has 4 aromatic carbocycles. The van der Waals surface area contributed by atoms with Gasteiger partial charge in [-0.1, -0.05) is 66.7 Å². The third-order valence-corrected chi connectivity index (χ3v) is 7.56. The van der Waals surface area contributed by atoms with Gasteiger partial charge >= 0.3 is 0 Å². The zero-order valence-electron chi connectivity index (χ0n) is 15.7. The summed E-state index contributed by atoms with van der Waals surface area (Å²) in [5.74, 6) is 0.